The van der Waals surface area contributed by atoms with Crippen molar-refractivity contribution in [2.24, 2.45) is 0 Å². The van der Waals surface area contributed by atoms with Gasteiger partial charge in [0.25, 0.3) is 0 Å². The highest BCUT2D eigenvalue weighted by molar-refractivity contribution is 5.66. The fraction of sp³-hybridized carbons (Fsp3) is 0.792. The zero-order valence-corrected chi connectivity index (χ0v) is 17.4. The molecule has 152 valence electrons. The minimum Gasteiger partial charge on any atom is -0.481 e. The molecule has 0 rings (SSSR count). The number of allylic oxidation sites excluding steroid dienone is 4. The molecule has 0 aliphatic heterocycles. The van der Waals surface area contributed by atoms with Crippen molar-refractivity contribution in [1.29, 1.82) is 0 Å². The lowest BCUT2D eigenvalue weighted by Crippen LogP contribution is -1.92. The van der Waals surface area contributed by atoms with Gasteiger partial charge in [-0.3, -0.25) is 4.79 Å². The summed E-state index contributed by atoms with van der Waals surface area (Å²) in [5.41, 5.74) is 0. The molecule has 2 nitrogen and oxygen atoms in total. The lowest BCUT2D eigenvalue weighted by Gasteiger charge is -2.02. The molecule has 0 aliphatic rings. The SMILES string of the molecule is CCCCCCCCCCCCCC/C=C\CC/C=C\CCCC(=O)O. The fourth-order valence-corrected chi connectivity index (χ4v) is 3.14. The van der Waals surface area contributed by atoms with Gasteiger partial charge in [-0.15, -0.1) is 0 Å². The molecule has 0 aromatic carbocycles. The lowest BCUT2D eigenvalue weighted by molar-refractivity contribution is -0.137. The Morgan fingerprint density at radius 3 is 1.42 bits per heavy atom. The molecular weight excluding hydrogens is 320 g/mol. The van der Waals surface area contributed by atoms with Gasteiger partial charge >= 0.3 is 5.97 Å². The molecule has 26 heavy (non-hydrogen) atoms. The first-order valence-electron chi connectivity index (χ1n) is 11.3. The highest BCUT2D eigenvalue weighted by Crippen LogP contribution is 2.12. The van der Waals surface area contributed by atoms with Gasteiger partial charge in [0.15, 0.2) is 0 Å². The summed E-state index contributed by atoms with van der Waals surface area (Å²) in [6, 6.07) is 0. The minimum absolute atomic E-state index is 0.281. The molecule has 0 radical (unpaired) electrons. The Morgan fingerprint density at radius 1 is 0.577 bits per heavy atom. The Morgan fingerprint density at radius 2 is 0.962 bits per heavy atom. The number of hydrogen-bond acceptors (Lipinski definition) is 1. The zero-order chi connectivity index (χ0) is 19.1. The number of unbranched alkanes of at least 4 members (excludes halogenated alkanes) is 14. The van der Waals surface area contributed by atoms with Gasteiger partial charge in [0.1, 0.15) is 0 Å². The Balaban J connectivity index is 3.15. The third-order valence-electron chi connectivity index (χ3n) is 4.82. The molecule has 0 spiro atoms. The van der Waals surface area contributed by atoms with Gasteiger partial charge in [0, 0.05) is 6.42 Å². The summed E-state index contributed by atoms with van der Waals surface area (Å²) in [7, 11) is 0. The molecule has 1 N–H and O–H groups in total. The maximum Gasteiger partial charge on any atom is 0.303 e. The van der Waals surface area contributed by atoms with E-state index >= 15 is 0 Å². The van der Waals surface area contributed by atoms with Crippen LogP contribution in [0, 0.1) is 0 Å². The molecule has 0 amide bonds. The number of carboxylic acids is 1. The van der Waals surface area contributed by atoms with Gasteiger partial charge in [-0.25, -0.2) is 0 Å². The van der Waals surface area contributed by atoms with E-state index in [9.17, 15) is 4.79 Å². The van der Waals surface area contributed by atoms with E-state index in [0.717, 1.165) is 25.7 Å². The smallest absolute Gasteiger partial charge is 0.303 e. The quantitative estimate of drug-likeness (QED) is 0.174. The van der Waals surface area contributed by atoms with Crippen molar-refractivity contribution in [3.8, 4) is 0 Å². The number of aliphatic carboxylic acids is 1. The Kier molecular flexibility index (Phi) is 21.1. The molecule has 0 bridgehead atoms. The summed E-state index contributed by atoms with van der Waals surface area (Å²) >= 11 is 0. The van der Waals surface area contributed by atoms with Crippen LogP contribution >= 0.6 is 0 Å². The standard InChI is InChI=1S/C24H44O2/c1-2-3-4-5-6-7-8-9-10-11-12-13-14-15-16-17-18-19-20-21-22-23-24(25)26/h15-16,19-20H,2-14,17-18,21-23H2,1H3,(H,25,26)/b16-15-,20-19-. The number of carboxylic acid groups (broad SMARTS) is 1. The molecule has 0 atom stereocenters. The second-order valence-electron chi connectivity index (χ2n) is 7.48. The van der Waals surface area contributed by atoms with Crippen LogP contribution in [0.15, 0.2) is 24.3 Å². The second kappa shape index (κ2) is 22.0. The van der Waals surface area contributed by atoms with Crippen LogP contribution in [0.4, 0.5) is 0 Å². The van der Waals surface area contributed by atoms with E-state index in [1.165, 1.54) is 83.5 Å². The second-order valence-corrected chi connectivity index (χ2v) is 7.48. The van der Waals surface area contributed by atoms with Crippen LogP contribution in [-0.2, 0) is 4.79 Å². The van der Waals surface area contributed by atoms with E-state index in [-0.39, 0.29) is 6.42 Å². The summed E-state index contributed by atoms with van der Waals surface area (Å²) in [6.45, 7) is 2.28. The number of carbonyl (C=O) groups is 1. The third-order valence-corrected chi connectivity index (χ3v) is 4.82. The first-order chi connectivity index (χ1) is 12.8. The monoisotopic (exact) mass is 364 g/mol. The van der Waals surface area contributed by atoms with Crippen LogP contribution in [0.25, 0.3) is 0 Å². The van der Waals surface area contributed by atoms with Gasteiger partial charge in [-0.05, 0) is 38.5 Å². The minimum atomic E-state index is -0.695. The van der Waals surface area contributed by atoms with Crippen molar-refractivity contribution in [2.75, 3.05) is 0 Å². The highest BCUT2D eigenvalue weighted by Gasteiger charge is 1.94. The maximum absolute atomic E-state index is 10.4. The molecule has 0 saturated carbocycles. The highest BCUT2D eigenvalue weighted by atomic mass is 16.4. The van der Waals surface area contributed by atoms with Crippen molar-refractivity contribution in [3.63, 3.8) is 0 Å². The average Bonchev–Trinajstić information content (AvgIpc) is 2.62. The van der Waals surface area contributed by atoms with Crippen LogP contribution in [0.5, 0.6) is 0 Å². The molecule has 0 aromatic rings. The van der Waals surface area contributed by atoms with E-state index in [4.69, 9.17) is 5.11 Å². The summed E-state index contributed by atoms with van der Waals surface area (Å²) in [4.78, 5) is 10.4. The predicted octanol–water partition coefficient (Wildman–Crippen LogP) is 8.23. The molecule has 2 heteroatoms. The van der Waals surface area contributed by atoms with Crippen molar-refractivity contribution in [3.05, 3.63) is 24.3 Å². The molecule has 0 heterocycles. The molecule has 0 aromatic heterocycles. The van der Waals surface area contributed by atoms with E-state index in [1.807, 2.05) is 0 Å². The zero-order valence-electron chi connectivity index (χ0n) is 17.4. The van der Waals surface area contributed by atoms with Crippen molar-refractivity contribution < 1.29 is 9.90 Å². The van der Waals surface area contributed by atoms with E-state index in [1.54, 1.807) is 0 Å². The van der Waals surface area contributed by atoms with E-state index in [0.29, 0.717) is 0 Å². The largest absolute Gasteiger partial charge is 0.481 e. The lowest BCUT2D eigenvalue weighted by atomic mass is 10.0. The summed E-state index contributed by atoms with van der Waals surface area (Å²) < 4.78 is 0. The van der Waals surface area contributed by atoms with Gasteiger partial charge in [-0.1, -0.05) is 102 Å². The Bertz CT molecular complexity index is 344. The topological polar surface area (TPSA) is 37.3 Å². The number of hydrogen-bond donors (Lipinski definition) is 1. The third kappa shape index (κ3) is 22.9. The van der Waals surface area contributed by atoms with Crippen molar-refractivity contribution >= 4 is 5.97 Å². The van der Waals surface area contributed by atoms with E-state index < -0.39 is 5.97 Å². The van der Waals surface area contributed by atoms with Gasteiger partial charge < -0.3 is 5.11 Å². The average molecular weight is 365 g/mol. The van der Waals surface area contributed by atoms with Crippen molar-refractivity contribution in [2.45, 2.75) is 122 Å². The Hall–Kier alpha value is -1.05. The van der Waals surface area contributed by atoms with Gasteiger partial charge in [-0.2, -0.15) is 0 Å². The predicted molar refractivity (Wildman–Crippen MR) is 115 cm³/mol. The van der Waals surface area contributed by atoms with Gasteiger partial charge in [0.2, 0.25) is 0 Å². The molecule has 0 aliphatic carbocycles. The molecule has 0 saturated heterocycles. The van der Waals surface area contributed by atoms with Gasteiger partial charge in [0.05, 0.1) is 0 Å². The molecule has 0 fully saturated rings. The summed E-state index contributed by atoms with van der Waals surface area (Å²) in [5.74, 6) is -0.695. The fourth-order valence-electron chi connectivity index (χ4n) is 3.14. The molecular formula is C24H44O2. The first kappa shape index (κ1) is 24.9. The van der Waals surface area contributed by atoms with Crippen molar-refractivity contribution in [1.82, 2.24) is 0 Å². The normalized spacial score (nSPS) is 11.7. The van der Waals surface area contributed by atoms with Crippen LogP contribution < -0.4 is 0 Å². The maximum atomic E-state index is 10.4. The number of rotatable bonds is 20. The summed E-state index contributed by atoms with van der Waals surface area (Å²) in [6.07, 6.45) is 31.2. The van der Waals surface area contributed by atoms with Crippen LogP contribution in [0.2, 0.25) is 0 Å². The van der Waals surface area contributed by atoms with Crippen LogP contribution in [0.3, 0.4) is 0 Å². The Labute approximate surface area is 163 Å². The van der Waals surface area contributed by atoms with Crippen LogP contribution in [-0.4, -0.2) is 11.1 Å². The summed E-state index contributed by atoms with van der Waals surface area (Å²) in [5, 5.41) is 8.54. The van der Waals surface area contributed by atoms with E-state index in [2.05, 4.69) is 31.2 Å². The molecule has 0 unspecified atom stereocenters. The first-order valence-corrected chi connectivity index (χ1v) is 11.3. The van der Waals surface area contributed by atoms with Crippen LogP contribution in [0.1, 0.15) is 122 Å².